The van der Waals surface area contributed by atoms with Gasteiger partial charge in [0.1, 0.15) is 5.69 Å². The summed E-state index contributed by atoms with van der Waals surface area (Å²) in [7, 11) is 0. The molecule has 1 aliphatic rings. The van der Waals surface area contributed by atoms with Gasteiger partial charge in [0.25, 0.3) is 5.91 Å². The summed E-state index contributed by atoms with van der Waals surface area (Å²) >= 11 is 0. The van der Waals surface area contributed by atoms with Crippen LogP contribution in [0.1, 0.15) is 59.7 Å². The summed E-state index contributed by atoms with van der Waals surface area (Å²) in [5.74, 6) is 1.00. The SMILES string of the molecule is Cc1nnc([C@H](C)N2CCC[C@@H](c3cc(C(N)=O)n[nH]3)C2)o1. The van der Waals surface area contributed by atoms with Crippen molar-refractivity contribution in [2.45, 2.75) is 38.6 Å². The molecule has 8 nitrogen and oxygen atoms in total. The minimum absolute atomic E-state index is 0.0718. The molecule has 1 saturated heterocycles. The van der Waals surface area contributed by atoms with Gasteiger partial charge in [-0.2, -0.15) is 5.10 Å². The number of nitrogens with zero attached hydrogens (tertiary/aromatic N) is 4. The molecule has 1 fully saturated rings. The van der Waals surface area contributed by atoms with E-state index in [4.69, 9.17) is 10.2 Å². The normalized spacial score (nSPS) is 20.9. The molecule has 0 unspecified atom stereocenters. The first-order chi connectivity index (χ1) is 10.5. The molecule has 22 heavy (non-hydrogen) atoms. The van der Waals surface area contributed by atoms with Gasteiger partial charge in [-0.25, -0.2) is 0 Å². The average molecular weight is 304 g/mol. The molecule has 3 heterocycles. The molecule has 1 amide bonds. The van der Waals surface area contributed by atoms with Crippen LogP contribution in [0.2, 0.25) is 0 Å². The van der Waals surface area contributed by atoms with E-state index >= 15 is 0 Å². The third-order valence-electron chi connectivity index (χ3n) is 4.19. The van der Waals surface area contributed by atoms with Crippen LogP contribution in [0.5, 0.6) is 0 Å². The van der Waals surface area contributed by atoms with Crippen molar-refractivity contribution in [1.82, 2.24) is 25.3 Å². The van der Waals surface area contributed by atoms with Crippen molar-refractivity contribution in [3.8, 4) is 0 Å². The molecule has 2 atom stereocenters. The standard InChI is InChI=1S/C14H20N6O2/c1-8(14-19-16-9(2)22-14)20-5-3-4-10(7-20)11-6-12(13(15)21)18-17-11/h6,8,10H,3-5,7H2,1-2H3,(H2,15,21)(H,17,18)/t8-,10+/m0/s1. The molecule has 1 aliphatic heterocycles. The Morgan fingerprint density at radius 1 is 1.55 bits per heavy atom. The Balaban J connectivity index is 1.72. The number of likely N-dealkylation sites (tertiary alicyclic amines) is 1. The minimum Gasteiger partial charge on any atom is -0.424 e. The van der Waals surface area contributed by atoms with E-state index in [1.807, 2.05) is 0 Å². The first kappa shape index (κ1) is 14.7. The largest absolute Gasteiger partial charge is 0.424 e. The smallest absolute Gasteiger partial charge is 0.269 e. The summed E-state index contributed by atoms with van der Waals surface area (Å²) in [4.78, 5) is 13.5. The molecular weight excluding hydrogens is 284 g/mol. The summed E-state index contributed by atoms with van der Waals surface area (Å²) in [6.07, 6.45) is 2.11. The van der Waals surface area contributed by atoms with Gasteiger partial charge in [0.2, 0.25) is 11.8 Å². The average Bonchev–Trinajstić information content (AvgIpc) is 3.15. The number of hydrogen-bond acceptors (Lipinski definition) is 6. The second-order valence-corrected chi connectivity index (χ2v) is 5.74. The molecule has 0 spiro atoms. The third-order valence-corrected chi connectivity index (χ3v) is 4.19. The molecule has 0 saturated carbocycles. The summed E-state index contributed by atoms with van der Waals surface area (Å²) < 4.78 is 5.53. The summed E-state index contributed by atoms with van der Waals surface area (Å²) in [6.45, 7) is 5.69. The zero-order valence-corrected chi connectivity index (χ0v) is 12.7. The number of aromatic amines is 1. The molecule has 3 N–H and O–H groups in total. The van der Waals surface area contributed by atoms with Crippen LogP contribution >= 0.6 is 0 Å². The second kappa shape index (κ2) is 5.88. The van der Waals surface area contributed by atoms with Gasteiger partial charge in [-0.3, -0.25) is 14.8 Å². The number of carbonyl (C=O) groups excluding carboxylic acids is 1. The highest BCUT2D eigenvalue weighted by Gasteiger charge is 2.29. The van der Waals surface area contributed by atoms with Crippen molar-refractivity contribution >= 4 is 5.91 Å². The van der Waals surface area contributed by atoms with Gasteiger partial charge in [0, 0.05) is 25.1 Å². The number of H-pyrrole nitrogens is 1. The maximum Gasteiger partial charge on any atom is 0.269 e. The van der Waals surface area contributed by atoms with Crippen LogP contribution in [-0.4, -0.2) is 44.3 Å². The van der Waals surface area contributed by atoms with Crippen molar-refractivity contribution in [3.05, 3.63) is 29.2 Å². The number of nitrogens with two attached hydrogens (primary N) is 1. The molecule has 0 aliphatic carbocycles. The Hall–Kier alpha value is -2.22. The Morgan fingerprint density at radius 3 is 3.00 bits per heavy atom. The van der Waals surface area contributed by atoms with Crippen LogP contribution in [0.25, 0.3) is 0 Å². The van der Waals surface area contributed by atoms with E-state index in [1.165, 1.54) is 0 Å². The van der Waals surface area contributed by atoms with E-state index in [1.54, 1.807) is 13.0 Å². The van der Waals surface area contributed by atoms with Crippen molar-refractivity contribution in [1.29, 1.82) is 0 Å². The van der Waals surface area contributed by atoms with Gasteiger partial charge < -0.3 is 10.2 Å². The number of rotatable bonds is 4. The van der Waals surface area contributed by atoms with E-state index in [-0.39, 0.29) is 11.7 Å². The van der Waals surface area contributed by atoms with Crippen LogP contribution < -0.4 is 5.73 Å². The Kier molecular flexibility index (Phi) is 3.93. The number of hydrogen-bond donors (Lipinski definition) is 2. The third kappa shape index (κ3) is 2.87. The summed E-state index contributed by atoms with van der Waals surface area (Å²) in [5.41, 5.74) is 6.49. The fraction of sp³-hybridized carbons (Fsp3) is 0.571. The topological polar surface area (TPSA) is 114 Å². The Morgan fingerprint density at radius 2 is 2.36 bits per heavy atom. The van der Waals surface area contributed by atoms with Gasteiger partial charge in [0.15, 0.2) is 0 Å². The van der Waals surface area contributed by atoms with E-state index in [9.17, 15) is 4.79 Å². The lowest BCUT2D eigenvalue weighted by Crippen LogP contribution is -2.36. The first-order valence-electron chi connectivity index (χ1n) is 7.43. The van der Waals surface area contributed by atoms with Crippen LogP contribution in [0.4, 0.5) is 0 Å². The van der Waals surface area contributed by atoms with Gasteiger partial charge in [0.05, 0.1) is 6.04 Å². The van der Waals surface area contributed by atoms with Gasteiger partial charge >= 0.3 is 0 Å². The lowest BCUT2D eigenvalue weighted by molar-refractivity contribution is 0.0995. The van der Waals surface area contributed by atoms with Crippen molar-refractivity contribution in [2.24, 2.45) is 5.73 Å². The number of aromatic nitrogens is 4. The summed E-state index contributed by atoms with van der Waals surface area (Å²) in [5, 5.41) is 14.9. The fourth-order valence-corrected chi connectivity index (χ4v) is 2.92. The van der Waals surface area contributed by atoms with Crippen LogP contribution in [0.3, 0.4) is 0 Å². The number of amides is 1. The highest BCUT2D eigenvalue weighted by molar-refractivity contribution is 5.90. The zero-order chi connectivity index (χ0) is 15.7. The molecule has 2 aromatic heterocycles. The molecule has 3 rings (SSSR count). The fourth-order valence-electron chi connectivity index (χ4n) is 2.92. The highest BCUT2D eigenvalue weighted by atomic mass is 16.4. The van der Waals surface area contributed by atoms with E-state index < -0.39 is 5.91 Å². The number of aryl methyl sites for hydroxylation is 1. The van der Waals surface area contributed by atoms with E-state index in [2.05, 4.69) is 32.2 Å². The summed E-state index contributed by atoms with van der Waals surface area (Å²) in [6, 6.07) is 1.82. The first-order valence-corrected chi connectivity index (χ1v) is 7.43. The molecule has 8 heteroatoms. The molecule has 2 aromatic rings. The van der Waals surface area contributed by atoms with E-state index in [0.29, 0.717) is 17.7 Å². The monoisotopic (exact) mass is 304 g/mol. The minimum atomic E-state index is -0.509. The molecule has 0 aromatic carbocycles. The quantitative estimate of drug-likeness (QED) is 0.875. The van der Waals surface area contributed by atoms with Crippen molar-refractivity contribution < 1.29 is 9.21 Å². The number of primary amides is 1. The van der Waals surface area contributed by atoms with Crippen LogP contribution in [0.15, 0.2) is 10.5 Å². The number of carbonyl (C=O) groups is 1. The molecular formula is C14H20N6O2. The van der Waals surface area contributed by atoms with Gasteiger partial charge in [-0.15, -0.1) is 10.2 Å². The van der Waals surface area contributed by atoms with E-state index in [0.717, 1.165) is 31.6 Å². The Bertz CT molecular complexity index is 664. The van der Waals surface area contributed by atoms with Crippen LogP contribution in [0, 0.1) is 6.92 Å². The molecule has 118 valence electrons. The number of nitrogens with one attached hydrogen (secondary N) is 1. The predicted octanol–water partition coefficient (Wildman–Crippen LogP) is 1.14. The van der Waals surface area contributed by atoms with Gasteiger partial charge in [-0.05, 0) is 32.4 Å². The zero-order valence-electron chi connectivity index (χ0n) is 12.7. The Labute approximate surface area is 128 Å². The molecule has 0 radical (unpaired) electrons. The van der Waals surface area contributed by atoms with Crippen molar-refractivity contribution in [3.63, 3.8) is 0 Å². The second-order valence-electron chi connectivity index (χ2n) is 5.74. The lowest BCUT2D eigenvalue weighted by Gasteiger charge is -2.34. The predicted molar refractivity (Wildman–Crippen MR) is 78.1 cm³/mol. The van der Waals surface area contributed by atoms with Crippen LogP contribution in [-0.2, 0) is 0 Å². The lowest BCUT2D eigenvalue weighted by atomic mass is 9.93. The molecule has 0 bridgehead atoms. The van der Waals surface area contributed by atoms with Gasteiger partial charge in [-0.1, -0.05) is 0 Å². The maximum absolute atomic E-state index is 11.2. The maximum atomic E-state index is 11.2. The number of piperidine rings is 1. The van der Waals surface area contributed by atoms with Crippen molar-refractivity contribution in [2.75, 3.05) is 13.1 Å². The highest BCUT2D eigenvalue weighted by Crippen LogP contribution is 2.30.